The van der Waals surface area contributed by atoms with Gasteiger partial charge in [-0.05, 0) is 31.5 Å². The van der Waals surface area contributed by atoms with E-state index in [0.29, 0.717) is 21.3 Å². The Morgan fingerprint density at radius 1 is 1.38 bits per heavy atom. The third-order valence-electron chi connectivity index (χ3n) is 3.14. The average molecular weight is 345 g/mol. The molecule has 112 valence electrons. The summed E-state index contributed by atoms with van der Waals surface area (Å²) in [6.07, 6.45) is 0. The molecule has 4 nitrogen and oxygen atoms in total. The number of rotatable bonds is 4. The van der Waals surface area contributed by atoms with Gasteiger partial charge in [-0.1, -0.05) is 23.2 Å². The lowest BCUT2D eigenvalue weighted by molar-refractivity contribution is -0.138. The molecule has 0 radical (unpaired) electrons. The Bertz CT molecular complexity index is 664. The molecule has 0 amide bonds. The lowest BCUT2D eigenvalue weighted by atomic mass is 10.0. The molecule has 0 aliphatic carbocycles. The highest BCUT2D eigenvalue weighted by Gasteiger charge is 2.20. The summed E-state index contributed by atoms with van der Waals surface area (Å²) in [4.78, 5) is 17.3. The zero-order valence-electron chi connectivity index (χ0n) is 11.7. The summed E-state index contributed by atoms with van der Waals surface area (Å²) in [5, 5.41) is 12.6. The van der Waals surface area contributed by atoms with Gasteiger partial charge in [0.1, 0.15) is 0 Å². The van der Waals surface area contributed by atoms with Crippen molar-refractivity contribution in [1.82, 2.24) is 4.98 Å². The first-order chi connectivity index (χ1) is 9.81. The molecule has 2 aromatic rings. The Hall–Kier alpha value is -1.30. The maximum Gasteiger partial charge on any atom is 0.310 e. The van der Waals surface area contributed by atoms with Crippen LogP contribution in [0, 0.1) is 6.92 Å². The van der Waals surface area contributed by atoms with E-state index in [1.165, 1.54) is 11.3 Å². The number of hydrogen-bond donors (Lipinski definition) is 1. The molecule has 0 bridgehead atoms. The van der Waals surface area contributed by atoms with E-state index in [4.69, 9.17) is 28.3 Å². The average Bonchev–Trinajstić information content (AvgIpc) is 2.83. The second-order valence-electron chi connectivity index (χ2n) is 4.72. The number of hydrogen-bond acceptors (Lipinski definition) is 4. The van der Waals surface area contributed by atoms with Crippen LogP contribution >= 0.6 is 34.5 Å². The maximum absolute atomic E-state index is 11.1. The van der Waals surface area contributed by atoms with Gasteiger partial charge < -0.3 is 10.0 Å². The van der Waals surface area contributed by atoms with E-state index >= 15 is 0 Å². The van der Waals surface area contributed by atoms with E-state index < -0.39 is 11.9 Å². The van der Waals surface area contributed by atoms with Crippen molar-refractivity contribution in [3.63, 3.8) is 0 Å². The van der Waals surface area contributed by atoms with Gasteiger partial charge >= 0.3 is 5.97 Å². The fourth-order valence-corrected chi connectivity index (χ4v) is 3.42. The smallest absolute Gasteiger partial charge is 0.310 e. The molecule has 1 unspecified atom stereocenters. The van der Waals surface area contributed by atoms with Gasteiger partial charge in [0, 0.05) is 12.4 Å². The van der Waals surface area contributed by atoms with Crippen molar-refractivity contribution >= 4 is 51.3 Å². The minimum absolute atomic E-state index is 0.404. The maximum atomic E-state index is 11.1. The van der Waals surface area contributed by atoms with Crippen LogP contribution < -0.4 is 4.90 Å². The predicted molar refractivity (Wildman–Crippen MR) is 87.4 cm³/mol. The molecule has 0 fully saturated rings. The summed E-state index contributed by atoms with van der Waals surface area (Å²) in [7, 11) is 1.83. The number of halogens is 2. The lowest BCUT2D eigenvalue weighted by Gasteiger charge is -2.20. The number of nitrogens with zero attached hydrogens (tertiary/aromatic N) is 2. The summed E-state index contributed by atoms with van der Waals surface area (Å²) in [5.41, 5.74) is 2.12. The standard InChI is InChI=1S/C14H14Cl2N2O2S/c1-7-6-21-14(17-7)18(3)12-10(15)4-9(5-11(12)16)8(2)13(19)20/h4-6,8H,1-3H3,(H,19,20). The second kappa shape index (κ2) is 6.22. The summed E-state index contributed by atoms with van der Waals surface area (Å²) >= 11 is 14.1. The van der Waals surface area contributed by atoms with Gasteiger partial charge in [0.05, 0.1) is 27.3 Å². The molecule has 7 heteroatoms. The lowest BCUT2D eigenvalue weighted by Crippen LogP contribution is -2.12. The van der Waals surface area contributed by atoms with E-state index in [1.807, 2.05) is 19.4 Å². The molecule has 1 atom stereocenters. The summed E-state index contributed by atoms with van der Waals surface area (Å²) in [6.45, 7) is 3.51. The molecule has 0 aliphatic rings. The van der Waals surface area contributed by atoms with Crippen LogP contribution in [-0.2, 0) is 4.79 Å². The Labute approximate surface area is 136 Å². The first kappa shape index (κ1) is 16.1. The van der Waals surface area contributed by atoms with Crippen LogP contribution in [0.4, 0.5) is 10.8 Å². The second-order valence-corrected chi connectivity index (χ2v) is 6.37. The predicted octanol–water partition coefficient (Wildman–Crippen LogP) is 4.71. The first-order valence-corrected chi connectivity index (χ1v) is 7.82. The van der Waals surface area contributed by atoms with Crippen molar-refractivity contribution in [2.24, 2.45) is 0 Å². The number of aryl methyl sites for hydroxylation is 1. The number of carboxylic acids is 1. The fraction of sp³-hybridized carbons (Fsp3) is 0.286. The molecule has 1 heterocycles. The van der Waals surface area contributed by atoms with E-state index in [9.17, 15) is 4.79 Å². The van der Waals surface area contributed by atoms with Crippen LogP contribution in [0.15, 0.2) is 17.5 Å². The zero-order chi connectivity index (χ0) is 15.7. The molecule has 0 saturated heterocycles. The van der Waals surface area contributed by atoms with Crippen molar-refractivity contribution in [3.8, 4) is 0 Å². The molecular weight excluding hydrogens is 331 g/mol. The third-order valence-corrected chi connectivity index (χ3v) is 4.75. The number of benzene rings is 1. The Morgan fingerprint density at radius 2 is 1.95 bits per heavy atom. The number of aromatic nitrogens is 1. The Morgan fingerprint density at radius 3 is 2.38 bits per heavy atom. The van der Waals surface area contributed by atoms with Crippen LogP contribution in [-0.4, -0.2) is 23.1 Å². The molecule has 1 N–H and O–H groups in total. The molecule has 1 aromatic carbocycles. The van der Waals surface area contributed by atoms with Gasteiger partial charge in [-0.3, -0.25) is 4.79 Å². The fourth-order valence-electron chi connectivity index (χ4n) is 1.89. The summed E-state index contributed by atoms with van der Waals surface area (Å²) < 4.78 is 0. The van der Waals surface area contributed by atoms with E-state index in [-0.39, 0.29) is 0 Å². The summed E-state index contributed by atoms with van der Waals surface area (Å²) in [5.74, 6) is -1.58. The zero-order valence-corrected chi connectivity index (χ0v) is 14.1. The number of carbonyl (C=O) groups is 1. The van der Waals surface area contributed by atoms with E-state index in [0.717, 1.165) is 10.8 Å². The van der Waals surface area contributed by atoms with Crippen molar-refractivity contribution in [2.75, 3.05) is 11.9 Å². The highest BCUT2D eigenvalue weighted by atomic mass is 35.5. The first-order valence-electron chi connectivity index (χ1n) is 6.19. The van der Waals surface area contributed by atoms with Crippen LogP contribution in [0.25, 0.3) is 0 Å². The minimum atomic E-state index is -0.918. The Balaban J connectivity index is 2.44. The highest BCUT2D eigenvalue weighted by Crippen LogP contribution is 2.40. The topological polar surface area (TPSA) is 53.4 Å². The molecule has 21 heavy (non-hydrogen) atoms. The highest BCUT2D eigenvalue weighted by molar-refractivity contribution is 7.13. The van der Waals surface area contributed by atoms with E-state index in [2.05, 4.69) is 4.98 Å². The van der Waals surface area contributed by atoms with Crippen LogP contribution in [0.5, 0.6) is 0 Å². The minimum Gasteiger partial charge on any atom is -0.481 e. The molecule has 0 spiro atoms. The van der Waals surface area contributed by atoms with Crippen LogP contribution in [0.1, 0.15) is 24.1 Å². The number of carboxylic acid groups (broad SMARTS) is 1. The van der Waals surface area contributed by atoms with Gasteiger partial charge in [-0.25, -0.2) is 4.98 Å². The summed E-state index contributed by atoms with van der Waals surface area (Å²) in [6, 6.07) is 3.27. The normalized spacial score (nSPS) is 12.2. The number of aliphatic carboxylic acids is 1. The number of anilines is 2. The molecule has 1 aromatic heterocycles. The van der Waals surface area contributed by atoms with Gasteiger partial charge in [-0.2, -0.15) is 0 Å². The van der Waals surface area contributed by atoms with E-state index in [1.54, 1.807) is 24.0 Å². The van der Waals surface area contributed by atoms with Gasteiger partial charge in [0.2, 0.25) is 0 Å². The molecule has 0 aliphatic heterocycles. The van der Waals surface area contributed by atoms with Crippen molar-refractivity contribution < 1.29 is 9.90 Å². The molecule has 2 rings (SSSR count). The quantitative estimate of drug-likeness (QED) is 0.872. The van der Waals surface area contributed by atoms with Gasteiger partial charge in [0.25, 0.3) is 0 Å². The molecule has 0 saturated carbocycles. The monoisotopic (exact) mass is 344 g/mol. The molecular formula is C14H14Cl2N2O2S. The van der Waals surface area contributed by atoms with Crippen LogP contribution in [0.3, 0.4) is 0 Å². The van der Waals surface area contributed by atoms with Gasteiger partial charge in [-0.15, -0.1) is 11.3 Å². The van der Waals surface area contributed by atoms with Crippen molar-refractivity contribution in [1.29, 1.82) is 0 Å². The number of thiazole rings is 1. The SMILES string of the molecule is Cc1csc(N(C)c2c(Cl)cc(C(C)C(=O)O)cc2Cl)n1. The van der Waals surface area contributed by atoms with Crippen LogP contribution in [0.2, 0.25) is 10.0 Å². The largest absolute Gasteiger partial charge is 0.481 e. The Kier molecular flexibility index (Phi) is 4.76. The van der Waals surface area contributed by atoms with Crippen molar-refractivity contribution in [3.05, 3.63) is 38.8 Å². The van der Waals surface area contributed by atoms with Crippen molar-refractivity contribution in [2.45, 2.75) is 19.8 Å². The third kappa shape index (κ3) is 3.31. The van der Waals surface area contributed by atoms with Gasteiger partial charge in [0.15, 0.2) is 5.13 Å².